The zero-order valence-electron chi connectivity index (χ0n) is 32.3. The fourth-order valence-electron chi connectivity index (χ4n) is 10.5. The minimum Gasteiger partial charge on any atom is -0.143 e. The minimum atomic E-state index is 1.25. The molecule has 276 valence electrons. The summed E-state index contributed by atoms with van der Waals surface area (Å²) in [6.07, 6.45) is 0. The summed E-state index contributed by atoms with van der Waals surface area (Å²) in [4.78, 5) is 0. The summed E-state index contributed by atoms with van der Waals surface area (Å²) in [5, 5.41) is 22.1. The summed E-state index contributed by atoms with van der Waals surface area (Å²) in [5.41, 5.74) is 10.2. The van der Waals surface area contributed by atoms with Gasteiger partial charge in [0.15, 0.2) is 0 Å². The van der Waals surface area contributed by atoms with Gasteiger partial charge in [-0.25, -0.2) is 0 Å². The summed E-state index contributed by atoms with van der Waals surface area (Å²) < 4.78 is 3.97. The van der Waals surface area contributed by atoms with Crippen LogP contribution in [0.1, 0.15) is 0 Å². The highest BCUT2D eigenvalue weighted by atomic mass is 32.1. The molecule has 0 aliphatic rings. The van der Waals surface area contributed by atoms with Crippen LogP contribution >= 0.6 is 22.7 Å². The van der Waals surface area contributed by atoms with E-state index < -0.39 is 0 Å². The molecule has 0 aliphatic heterocycles. The van der Waals surface area contributed by atoms with E-state index in [1.807, 2.05) is 22.7 Å². The highest BCUT2D eigenvalue weighted by Gasteiger charge is 2.19. The van der Waals surface area contributed by atoms with Crippen molar-refractivity contribution in [2.75, 3.05) is 0 Å². The van der Waals surface area contributed by atoms with E-state index in [1.165, 1.54) is 139 Å². The average Bonchev–Trinajstić information content (AvgIpc) is 3.91. The maximum absolute atomic E-state index is 2.45. The predicted octanol–water partition coefficient (Wildman–Crippen LogP) is 17.7. The van der Waals surface area contributed by atoms with E-state index in [4.69, 9.17) is 0 Å². The Morgan fingerprint density at radius 3 is 1.22 bits per heavy atom. The molecule has 14 aromatic rings. The van der Waals surface area contributed by atoms with Gasteiger partial charge in [0.2, 0.25) is 0 Å². The highest BCUT2D eigenvalue weighted by molar-refractivity contribution is 7.25. The van der Waals surface area contributed by atoms with E-state index in [0.29, 0.717) is 0 Å². The molecule has 0 spiro atoms. The van der Waals surface area contributed by atoms with Gasteiger partial charge >= 0.3 is 0 Å². The van der Waals surface area contributed by atoms with E-state index in [-0.39, 0.29) is 0 Å². The molecule has 0 aliphatic carbocycles. The molecule has 0 amide bonds. The van der Waals surface area contributed by atoms with Crippen LogP contribution in [0.3, 0.4) is 0 Å². The fourth-order valence-corrected chi connectivity index (χ4v) is 12.5. The number of rotatable bonds is 4. The van der Waals surface area contributed by atoms with Gasteiger partial charge in [0, 0.05) is 35.8 Å². The monoisotopic (exact) mass is 792 g/mol. The van der Waals surface area contributed by atoms with Crippen molar-refractivity contribution in [2.45, 2.75) is 0 Å². The summed E-state index contributed by atoms with van der Waals surface area (Å²) in [6.45, 7) is 0. The first kappa shape index (κ1) is 32.8. The number of benzene rings is 12. The van der Waals surface area contributed by atoms with Gasteiger partial charge in [-0.2, -0.15) is 0 Å². The zero-order chi connectivity index (χ0) is 39.1. The molecule has 14 rings (SSSR count). The van der Waals surface area contributed by atoms with E-state index >= 15 is 0 Å². The summed E-state index contributed by atoms with van der Waals surface area (Å²) in [5.74, 6) is 0. The minimum absolute atomic E-state index is 1.25. The van der Waals surface area contributed by atoms with Gasteiger partial charge < -0.3 is 0 Å². The second-order valence-electron chi connectivity index (χ2n) is 16.3. The van der Waals surface area contributed by atoms with Crippen molar-refractivity contribution >= 4 is 118 Å². The van der Waals surface area contributed by atoms with Gasteiger partial charge in [-0.3, -0.25) is 0 Å². The number of fused-ring (bicyclic) bond motifs is 4. The highest BCUT2D eigenvalue weighted by Crippen LogP contribution is 2.47. The van der Waals surface area contributed by atoms with E-state index in [1.54, 1.807) is 0 Å². The van der Waals surface area contributed by atoms with Crippen LogP contribution in [-0.4, -0.2) is 0 Å². The first-order valence-corrected chi connectivity index (χ1v) is 22.3. The fraction of sp³-hybridized carbons (Fsp3) is 0. The van der Waals surface area contributed by atoms with Crippen molar-refractivity contribution in [1.29, 1.82) is 0 Å². The van der Waals surface area contributed by atoms with Gasteiger partial charge in [0.25, 0.3) is 0 Å². The van der Waals surface area contributed by atoms with Gasteiger partial charge in [-0.1, -0.05) is 158 Å². The lowest BCUT2D eigenvalue weighted by Gasteiger charge is -2.17. The summed E-state index contributed by atoms with van der Waals surface area (Å²) in [6, 6.07) is 71.0. The number of thiophene rings is 2. The third-order valence-corrected chi connectivity index (χ3v) is 15.4. The summed E-state index contributed by atoms with van der Waals surface area (Å²) >= 11 is 3.72. The zero-order valence-corrected chi connectivity index (χ0v) is 33.9. The first-order chi connectivity index (χ1) is 29.7. The lowest BCUT2D eigenvalue weighted by molar-refractivity contribution is 1.66. The molecule has 0 radical (unpaired) electrons. The molecule has 2 heterocycles. The van der Waals surface area contributed by atoms with Gasteiger partial charge in [-0.05, 0) is 139 Å². The molecule has 0 N–H and O–H groups in total. The molecule has 2 aromatic heterocycles. The van der Waals surface area contributed by atoms with Crippen LogP contribution in [-0.2, 0) is 0 Å². The van der Waals surface area contributed by atoms with Crippen molar-refractivity contribution in [1.82, 2.24) is 0 Å². The van der Waals surface area contributed by atoms with Gasteiger partial charge in [-0.15, -0.1) is 22.7 Å². The van der Waals surface area contributed by atoms with Crippen LogP contribution in [0.25, 0.3) is 139 Å². The van der Waals surface area contributed by atoms with E-state index in [9.17, 15) is 0 Å². The molecule has 0 saturated heterocycles. The van der Waals surface area contributed by atoms with Crippen LogP contribution in [0.4, 0.5) is 0 Å². The SMILES string of the molecule is c1ccc(-c2ccc3ccc4c(-c5ccc6sc7ccc(-c8ccc9ccc%10c(-c%11csc%12ccccc%11%12)ccc%11ccc8c9c%11%10)cc7c6c5)ccc5ccc2c3c54)cc1. The number of hydrogen-bond acceptors (Lipinski definition) is 2. The van der Waals surface area contributed by atoms with Crippen LogP contribution in [0.2, 0.25) is 0 Å². The molecular weight excluding hydrogens is 761 g/mol. The molecule has 0 bridgehead atoms. The van der Waals surface area contributed by atoms with Crippen molar-refractivity contribution < 1.29 is 0 Å². The Labute approximate surface area is 353 Å². The second kappa shape index (κ2) is 12.2. The topological polar surface area (TPSA) is 0 Å². The third kappa shape index (κ3) is 4.55. The normalized spacial score (nSPS) is 12.3. The smallest absolute Gasteiger partial charge is 0.0355 e. The standard InChI is InChI=1S/C58H32S2/c1-2-6-33(7-3-1)40-20-10-34-15-25-46-41(21-11-35-14-24-45(40)55(34)56(35)46)38-18-28-53-49(30-38)50-31-39(19-29-54(50)60-53)42-22-12-36-17-27-48-43(51-32-59-52-9-5-4-8-44(51)52)23-13-37-16-26-47(42)57(36)58(37)48/h1-32H. The van der Waals surface area contributed by atoms with Gasteiger partial charge in [0.05, 0.1) is 0 Å². The Bertz CT molecular complexity index is 4050. The molecule has 0 nitrogen and oxygen atoms in total. The Hall–Kier alpha value is -7.10. The first-order valence-electron chi connectivity index (χ1n) is 20.6. The molecular formula is C58H32S2. The Morgan fingerprint density at radius 2 is 0.683 bits per heavy atom. The van der Waals surface area contributed by atoms with E-state index in [0.717, 1.165) is 0 Å². The van der Waals surface area contributed by atoms with Crippen LogP contribution in [0, 0.1) is 0 Å². The molecule has 12 aromatic carbocycles. The molecule has 2 heteroatoms. The maximum atomic E-state index is 2.45. The van der Waals surface area contributed by atoms with Gasteiger partial charge in [0.1, 0.15) is 0 Å². The summed E-state index contributed by atoms with van der Waals surface area (Å²) in [7, 11) is 0. The van der Waals surface area contributed by atoms with Crippen molar-refractivity contribution in [3.63, 3.8) is 0 Å². The van der Waals surface area contributed by atoms with Crippen molar-refractivity contribution in [3.05, 3.63) is 193 Å². The van der Waals surface area contributed by atoms with Crippen LogP contribution < -0.4 is 0 Å². The Balaban J connectivity index is 0.936. The third-order valence-electron chi connectivity index (χ3n) is 13.3. The van der Waals surface area contributed by atoms with Crippen LogP contribution in [0.15, 0.2) is 193 Å². The Kier molecular flexibility index (Phi) is 6.68. The van der Waals surface area contributed by atoms with Crippen molar-refractivity contribution in [3.8, 4) is 44.5 Å². The lowest BCUT2D eigenvalue weighted by atomic mass is 9.87. The molecule has 60 heavy (non-hydrogen) atoms. The quantitative estimate of drug-likeness (QED) is 0.156. The Morgan fingerprint density at radius 1 is 0.250 bits per heavy atom. The lowest BCUT2D eigenvalue weighted by Crippen LogP contribution is -1.89. The van der Waals surface area contributed by atoms with E-state index in [2.05, 4.69) is 193 Å². The second-order valence-corrected chi connectivity index (χ2v) is 18.3. The largest absolute Gasteiger partial charge is 0.143 e. The maximum Gasteiger partial charge on any atom is 0.0355 e. The predicted molar refractivity (Wildman–Crippen MR) is 264 cm³/mol. The van der Waals surface area contributed by atoms with Crippen LogP contribution in [0.5, 0.6) is 0 Å². The molecule has 0 saturated carbocycles. The molecule has 0 fully saturated rings. The van der Waals surface area contributed by atoms with Crippen molar-refractivity contribution in [2.24, 2.45) is 0 Å². The number of hydrogen-bond donors (Lipinski definition) is 0. The average molecular weight is 793 g/mol. The molecule has 0 unspecified atom stereocenters. The molecule has 0 atom stereocenters.